The first-order chi connectivity index (χ1) is 8.78. The molecule has 2 rings (SSSR count). The zero-order valence-electron chi connectivity index (χ0n) is 11.3. The summed E-state index contributed by atoms with van der Waals surface area (Å²) in [5, 5.41) is 12.1. The molecule has 0 saturated carbocycles. The van der Waals surface area contributed by atoms with Crippen molar-refractivity contribution >= 4 is 26.7 Å². The van der Waals surface area contributed by atoms with Gasteiger partial charge >= 0.3 is 0 Å². The molecule has 2 aromatic heterocycles. The smallest absolute Gasteiger partial charge is 0.182 e. The lowest BCUT2D eigenvalue weighted by Gasteiger charge is -2.02. The first-order valence-corrected chi connectivity index (χ1v) is 8.21. The van der Waals surface area contributed by atoms with Crippen LogP contribution in [0.1, 0.15) is 19.5 Å². The maximum absolute atomic E-state index is 11.2. The average Bonchev–Trinajstić information content (AvgIpc) is 2.77. The van der Waals surface area contributed by atoms with E-state index < -0.39 is 9.84 Å². The number of nitrogens with two attached hydrogens (primary N) is 1. The van der Waals surface area contributed by atoms with Crippen molar-refractivity contribution in [1.82, 2.24) is 20.0 Å². The molecule has 0 aliphatic rings. The van der Waals surface area contributed by atoms with E-state index in [0.29, 0.717) is 17.4 Å². The largest absolute Gasteiger partial charge is 0.383 e. The second-order valence-corrected chi connectivity index (χ2v) is 7.49. The summed E-state index contributed by atoms with van der Waals surface area (Å²) in [6, 6.07) is 0. The third-order valence-corrected chi connectivity index (χ3v) is 3.75. The Morgan fingerprint density at radius 3 is 2.68 bits per heavy atom. The van der Waals surface area contributed by atoms with Crippen LogP contribution in [0.25, 0.3) is 11.0 Å². The Balaban J connectivity index is 2.39. The molecule has 0 aromatic carbocycles. The highest BCUT2D eigenvalue weighted by molar-refractivity contribution is 7.90. The second kappa shape index (κ2) is 4.84. The summed E-state index contributed by atoms with van der Waals surface area (Å²) in [6.07, 6.45) is 1.99. The van der Waals surface area contributed by atoms with Crippen LogP contribution in [-0.4, -0.2) is 40.4 Å². The van der Waals surface area contributed by atoms with Gasteiger partial charge in [0.15, 0.2) is 5.65 Å². The lowest BCUT2D eigenvalue weighted by molar-refractivity contribution is 0.580. The number of nitrogens with one attached hydrogen (secondary N) is 1. The predicted octanol–water partition coefficient (Wildman–Crippen LogP) is 0.585. The standard InChI is InChI=1S/C11H19N5O2S/c1-7(2)6-8-9-10(12)13-14-11(9)16(15-8)4-5-19(3,17)18/h7H,4-6H2,1-3H3,(H3,12,13,14). The number of rotatable bonds is 5. The number of H-pyrrole nitrogens is 1. The number of aromatic amines is 1. The Labute approximate surface area is 112 Å². The van der Waals surface area contributed by atoms with Gasteiger partial charge in [-0.05, 0) is 12.3 Å². The number of hydrogen-bond acceptors (Lipinski definition) is 5. The summed E-state index contributed by atoms with van der Waals surface area (Å²) in [4.78, 5) is 0. The molecule has 0 spiro atoms. The normalized spacial score (nSPS) is 12.6. The molecule has 0 bridgehead atoms. The topological polar surface area (TPSA) is 107 Å². The van der Waals surface area contributed by atoms with Crippen molar-refractivity contribution in [2.45, 2.75) is 26.8 Å². The molecule has 0 amide bonds. The van der Waals surface area contributed by atoms with Crippen LogP contribution in [0.5, 0.6) is 0 Å². The summed E-state index contributed by atoms with van der Waals surface area (Å²) in [5.74, 6) is 0.963. The molecule has 2 aromatic rings. The SMILES string of the molecule is CC(C)Cc1nn(CCS(C)(=O)=O)c2n[nH]c(N)c12. The summed E-state index contributed by atoms with van der Waals surface area (Å²) < 4.78 is 24.1. The van der Waals surface area contributed by atoms with Gasteiger partial charge in [0.25, 0.3) is 0 Å². The van der Waals surface area contributed by atoms with Gasteiger partial charge in [0, 0.05) is 6.26 Å². The number of sulfone groups is 1. The quantitative estimate of drug-likeness (QED) is 0.836. The van der Waals surface area contributed by atoms with Crippen LogP contribution < -0.4 is 5.73 Å². The molecule has 0 aliphatic carbocycles. The van der Waals surface area contributed by atoms with Gasteiger partial charge in [0.05, 0.1) is 23.4 Å². The van der Waals surface area contributed by atoms with Crippen molar-refractivity contribution in [2.75, 3.05) is 17.7 Å². The first-order valence-electron chi connectivity index (χ1n) is 6.15. The van der Waals surface area contributed by atoms with Crippen molar-refractivity contribution in [1.29, 1.82) is 0 Å². The molecule has 0 unspecified atom stereocenters. The van der Waals surface area contributed by atoms with Gasteiger partial charge in [-0.25, -0.2) is 13.1 Å². The van der Waals surface area contributed by atoms with Crippen molar-refractivity contribution in [3.8, 4) is 0 Å². The van der Waals surface area contributed by atoms with E-state index in [1.54, 1.807) is 4.68 Å². The van der Waals surface area contributed by atoms with Crippen LogP contribution in [0.2, 0.25) is 0 Å². The van der Waals surface area contributed by atoms with Crippen molar-refractivity contribution in [2.24, 2.45) is 5.92 Å². The van der Waals surface area contributed by atoms with Crippen molar-refractivity contribution in [3.05, 3.63) is 5.69 Å². The van der Waals surface area contributed by atoms with Gasteiger partial charge < -0.3 is 5.73 Å². The summed E-state index contributed by atoms with van der Waals surface area (Å²) in [5.41, 5.74) is 7.35. The Kier molecular flexibility index (Phi) is 3.53. The molecular formula is C11H19N5O2S. The molecule has 2 heterocycles. The highest BCUT2D eigenvalue weighted by Gasteiger charge is 2.18. The highest BCUT2D eigenvalue weighted by Crippen LogP contribution is 2.24. The van der Waals surface area contributed by atoms with E-state index >= 15 is 0 Å². The third kappa shape index (κ3) is 3.06. The molecule has 19 heavy (non-hydrogen) atoms. The van der Waals surface area contributed by atoms with Crippen LogP contribution >= 0.6 is 0 Å². The molecule has 3 N–H and O–H groups in total. The van der Waals surface area contributed by atoms with E-state index in [-0.39, 0.29) is 12.3 Å². The van der Waals surface area contributed by atoms with Gasteiger partial charge in [0.1, 0.15) is 15.7 Å². The molecule has 106 valence electrons. The number of fused-ring (bicyclic) bond motifs is 1. The minimum absolute atomic E-state index is 0.0393. The van der Waals surface area contributed by atoms with Gasteiger partial charge in [0.2, 0.25) is 0 Å². The molecule has 0 saturated heterocycles. The number of aryl methyl sites for hydroxylation is 1. The van der Waals surface area contributed by atoms with E-state index in [0.717, 1.165) is 17.5 Å². The zero-order chi connectivity index (χ0) is 14.2. The van der Waals surface area contributed by atoms with E-state index in [1.807, 2.05) is 0 Å². The van der Waals surface area contributed by atoms with Crippen LogP contribution in [0.4, 0.5) is 5.82 Å². The maximum atomic E-state index is 11.2. The first kappa shape index (κ1) is 13.9. The lowest BCUT2D eigenvalue weighted by Crippen LogP contribution is -2.13. The minimum atomic E-state index is -3.03. The predicted molar refractivity (Wildman–Crippen MR) is 74.5 cm³/mol. The minimum Gasteiger partial charge on any atom is -0.383 e. The van der Waals surface area contributed by atoms with Crippen LogP contribution in [0.15, 0.2) is 0 Å². The number of nitrogen functional groups attached to an aromatic ring is 1. The lowest BCUT2D eigenvalue weighted by atomic mass is 10.1. The van der Waals surface area contributed by atoms with Crippen LogP contribution in [0, 0.1) is 5.92 Å². The average molecular weight is 285 g/mol. The molecule has 0 atom stereocenters. The van der Waals surface area contributed by atoms with Crippen LogP contribution in [0.3, 0.4) is 0 Å². The Bertz CT molecular complexity index is 683. The maximum Gasteiger partial charge on any atom is 0.182 e. The van der Waals surface area contributed by atoms with E-state index in [1.165, 1.54) is 6.26 Å². The van der Waals surface area contributed by atoms with E-state index in [4.69, 9.17) is 5.73 Å². The second-order valence-electron chi connectivity index (χ2n) is 5.23. The number of anilines is 1. The Hall–Kier alpha value is -1.57. The van der Waals surface area contributed by atoms with Crippen molar-refractivity contribution in [3.63, 3.8) is 0 Å². The molecule has 0 aliphatic heterocycles. The number of nitrogens with zero attached hydrogens (tertiary/aromatic N) is 3. The van der Waals surface area contributed by atoms with Crippen LogP contribution in [-0.2, 0) is 22.8 Å². The van der Waals surface area contributed by atoms with Gasteiger partial charge in [-0.3, -0.25) is 5.10 Å². The fourth-order valence-electron chi connectivity index (χ4n) is 2.00. The summed E-state index contributed by atoms with van der Waals surface area (Å²) >= 11 is 0. The number of aromatic nitrogens is 4. The molecular weight excluding hydrogens is 266 g/mol. The zero-order valence-corrected chi connectivity index (χ0v) is 12.2. The van der Waals surface area contributed by atoms with E-state index in [2.05, 4.69) is 29.1 Å². The summed E-state index contributed by atoms with van der Waals surface area (Å²) in [6.45, 7) is 4.48. The third-order valence-electron chi connectivity index (χ3n) is 2.83. The Morgan fingerprint density at radius 1 is 1.42 bits per heavy atom. The fourth-order valence-corrected chi connectivity index (χ4v) is 2.50. The molecule has 8 heteroatoms. The monoisotopic (exact) mass is 285 g/mol. The van der Waals surface area contributed by atoms with Crippen molar-refractivity contribution < 1.29 is 8.42 Å². The fraction of sp³-hybridized carbons (Fsp3) is 0.636. The van der Waals surface area contributed by atoms with Gasteiger partial charge in [-0.15, -0.1) is 0 Å². The Morgan fingerprint density at radius 2 is 2.11 bits per heavy atom. The number of hydrogen-bond donors (Lipinski definition) is 2. The van der Waals surface area contributed by atoms with Gasteiger partial charge in [-0.1, -0.05) is 13.8 Å². The summed E-state index contributed by atoms with van der Waals surface area (Å²) in [7, 11) is -3.03. The highest BCUT2D eigenvalue weighted by atomic mass is 32.2. The van der Waals surface area contributed by atoms with Gasteiger partial charge in [-0.2, -0.15) is 10.2 Å². The van der Waals surface area contributed by atoms with E-state index in [9.17, 15) is 8.42 Å². The molecule has 0 radical (unpaired) electrons. The molecule has 0 fully saturated rings. The molecule has 7 nitrogen and oxygen atoms in total.